The van der Waals surface area contributed by atoms with E-state index in [1.165, 1.54) is 6.07 Å². The van der Waals surface area contributed by atoms with E-state index in [0.717, 1.165) is 72.9 Å². The van der Waals surface area contributed by atoms with Gasteiger partial charge in [0.2, 0.25) is 5.91 Å². The van der Waals surface area contributed by atoms with Crippen molar-refractivity contribution in [1.82, 2.24) is 24.1 Å². The highest BCUT2D eigenvalue weighted by Gasteiger charge is 2.15. The van der Waals surface area contributed by atoms with Crippen molar-refractivity contribution in [3.8, 4) is 0 Å². The first-order valence-electron chi connectivity index (χ1n) is 11.2. The van der Waals surface area contributed by atoms with Crippen LogP contribution in [0.15, 0.2) is 41.3 Å². The maximum absolute atomic E-state index is 12.8. The van der Waals surface area contributed by atoms with Crippen LogP contribution in [0.25, 0.3) is 16.6 Å². The molecule has 3 aromatic heterocycles. The Kier molecular flexibility index (Phi) is 5.74. The molecule has 0 saturated carbocycles. The molecule has 4 aromatic rings. The van der Waals surface area contributed by atoms with Crippen LogP contribution in [0.4, 0.5) is 5.69 Å². The zero-order chi connectivity index (χ0) is 22.9. The Morgan fingerprint density at radius 1 is 1.15 bits per heavy atom. The van der Waals surface area contributed by atoms with Gasteiger partial charge in [-0.15, -0.1) is 0 Å². The zero-order valence-electron chi connectivity index (χ0n) is 18.9. The smallest absolute Gasteiger partial charge is 0.266 e. The van der Waals surface area contributed by atoms with E-state index in [4.69, 9.17) is 4.74 Å². The normalized spacial score (nSPS) is 14.8. The van der Waals surface area contributed by atoms with Gasteiger partial charge in [0.15, 0.2) is 5.65 Å². The van der Waals surface area contributed by atoms with E-state index in [9.17, 15) is 9.59 Å². The van der Waals surface area contributed by atoms with Crippen molar-refractivity contribution < 1.29 is 9.53 Å². The molecular formula is C24H28N6O3. The van der Waals surface area contributed by atoms with E-state index in [-0.39, 0.29) is 17.9 Å². The van der Waals surface area contributed by atoms with Crippen molar-refractivity contribution >= 4 is 28.1 Å². The van der Waals surface area contributed by atoms with Gasteiger partial charge in [0.05, 0.1) is 19.6 Å². The minimum absolute atomic E-state index is 0.122. The van der Waals surface area contributed by atoms with E-state index in [1.807, 2.05) is 26.0 Å². The van der Waals surface area contributed by atoms with Crippen molar-refractivity contribution in [3.63, 3.8) is 0 Å². The fourth-order valence-corrected chi connectivity index (χ4v) is 4.52. The number of fused-ring (bicyclic) bond motifs is 2. The molecule has 5 rings (SSSR count). The molecule has 1 amide bonds. The van der Waals surface area contributed by atoms with Gasteiger partial charge in [0.25, 0.3) is 5.56 Å². The van der Waals surface area contributed by atoms with Gasteiger partial charge in [-0.1, -0.05) is 0 Å². The molecule has 0 aliphatic carbocycles. The van der Waals surface area contributed by atoms with Gasteiger partial charge in [-0.05, 0) is 38.1 Å². The second kappa shape index (κ2) is 8.84. The maximum atomic E-state index is 12.8. The van der Waals surface area contributed by atoms with Crippen LogP contribution in [0.3, 0.4) is 0 Å². The number of amides is 1. The summed E-state index contributed by atoms with van der Waals surface area (Å²) in [6.07, 6.45) is 2.28. The number of nitrogens with one attached hydrogen (secondary N) is 2. The largest absolute Gasteiger partial charge is 0.379 e. The molecule has 1 fully saturated rings. The summed E-state index contributed by atoms with van der Waals surface area (Å²) in [6.45, 7) is 9.24. The maximum Gasteiger partial charge on any atom is 0.266 e. The van der Waals surface area contributed by atoms with E-state index in [1.54, 1.807) is 4.52 Å². The number of carbonyl (C=O) groups excluding carboxylic acids is 1. The van der Waals surface area contributed by atoms with E-state index < -0.39 is 0 Å². The number of aromatic nitrogens is 4. The van der Waals surface area contributed by atoms with Gasteiger partial charge < -0.3 is 14.6 Å². The van der Waals surface area contributed by atoms with Gasteiger partial charge in [-0.3, -0.25) is 19.6 Å². The lowest BCUT2D eigenvalue weighted by atomic mass is 10.1. The van der Waals surface area contributed by atoms with Crippen LogP contribution in [-0.4, -0.2) is 62.8 Å². The average Bonchev–Trinajstić information content (AvgIpc) is 3.38. The second-order valence-electron chi connectivity index (χ2n) is 8.54. The lowest BCUT2D eigenvalue weighted by Crippen LogP contribution is -2.38. The highest BCUT2D eigenvalue weighted by atomic mass is 16.5. The van der Waals surface area contributed by atoms with Crippen molar-refractivity contribution in [3.05, 3.63) is 63.8 Å². The van der Waals surface area contributed by atoms with E-state index >= 15 is 0 Å². The Balaban J connectivity index is 1.28. The lowest BCUT2D eigenvalue weighted by Gasteiger charge is -2.26. The number of H-pyrrole nitrogens is 1. The highest BCUT2D eigenvalue weighted by Crippen LogP contribution is 2.22. The Morgan fingerprint density at radius 2 is 1.97 bits per heavy atom. The summed E-state index contributed by atoms with van der Waals surface area (Å²) >= 11 is 0. The monoisotopic (exact) mass is 448 g/mol. The van der Waals surface area contributed by atoms with Crippen LogP contribution in [0.2, 0.25) is 0 Å². The fourth-order valence-electron chi connectivity index (χ4n) is 4.52. The number of nitrogens with zero attached hydrogens (tertiary/aromatic N) is 4. The van der Waals surface area contributed by atoms with Crippen molar-refractivity contribution in [2.45, 2.75) is 26.8 Å². The molecule has 172 valence electrons. The highest BCUT2D eigenvalue weighted by molar-refractivity contribution is 5.95. The molecule has 4 heterocycles. The summed E-state index contributed by atoms with van der Waals surface area (Å²) in [6, 6.07) is 9.53. The lowest BCUT2D eigenvalue weighted by molar-refractivity contribution is -0.115. The Bertz CT molecular complexity index is 1380. The Morgan fingerprint density at radius 3 is 2.79 bits per heavy atom. The summed E-state index contributed by atoms with van der Waals surface area (Å²) in [5.74, 6) is -0.122. The summed E-state index contributed by atoms with van der Waals surface area (Å²) in [4.78, 5) is 31.3. The van der Waals surface area contributed by atoms with Crippen LogP contribution in [0.1, 0.15) is 17.0 Å². The SMILES string of the molecule is Cc1nc2cc(=O)[nH]n2c(C)c1CC(=O)Nc1ccc2c(ccn2CCN2CCOCC2)c1. The number of anilines is 1. The molecule has 1 aliphatic rings. The van der Waals surface area contributed by atoms with Crippen LogP contribution < -0.4 is 10.9 Å². The molecule has 1 aliphatic heterocycles. The van der Waals surface area contributed by atoms with Crippen molar-refractivity contribution in [2.75, 3.05) is 38.2 Å². The van der Waals surface area contributed by atoms with Crippen LogP contribution in [-0.2, 0) is 22.5 Å². The van der Waals surface area contributed by atoms with Crippen molar-refractivity contribution in [1.29, 1.82) is 0 Å². The van der Waals surface area contributed by atoms with Gasteiger partial charge >= 0.3 is 0 Å². The molecule has 2 N–H and O–H groups in total. The van der Waals surface area contributed by atoms with Gasteiger partial charge in [0.1, 0.15) is 0 Å². The van der Waals surface area contributed by atoms with Crippen LogP contribution in [0, 0.1) is 13.8 Å². The fraction of sp³-hybridized carbons (Fsp3) is 0.375. The third kappa shape index (κ3) is 4.42. The molecular weight excluding hydrogens is 420 g/mol. The number of morpholine rings is 1. The first-order valence-corrected chi connectivity index (χ1v) is 11.2. The summed E-state index contributed by atoms with van der Waals surface area (Å²) in [7, 11) is 0. The molecule has 0 radical (unpaired) electrons. The molecule has 9 nitrogen and oxygen atoms in total. The molecule has 1 aromatic carbocycles. The van der Waals surface area contributed by atoms with Gasteiger partial charge in [0, 0.05) is 72.0 Å². The number of rotatable bonds is 6. The average molecular weight is 449 g/mol. The minimum atomic E-state index is -0.211. The first kappa shape index (κ1) is 21.4. The van der Waals surface area contributed by atoms with E-state index in [0.29, 0.717) is 5.65 Å². The molecule has 0 atom stereocenters. The predicted molar refractivity (Wildman–Crippen MR) is 127 cm³/mol. The number of benzene rings is 1. The number of ether oxygens (including phenoxy) is 1. The standard InChI is InChI=1S/C24H28N6O3/c1-16-20(17(2)30-22(25-16)15-24(32)27-30)14-23(31)26-19-3-4-21-18(13-19)5-6-29(21)8-7-28-9-11-33-12-10-28/h3-6,13,15H,7-12,14H2,1-2H3,(H,26,31)(H,27,32). The molecule has 0 bridgehead atoms. The zero-order valence-corrected chi connectivity index (χ0v) is 18.9. The number of aromatic amines is 1. The number of aryl methyl sites for hydroxylation is 2. The summed E-state index contributed by atoms with van der Waals surface area (Å²) in [5, 5.41) is 6.82. The van der Waals surface area contributed by atoms with Gasteiger partial charge in [-0.25, -0.2) is 9.50 Å². The number of hydrogen-bond donors (Lipinski definition) is 2. The van der Waals surface area contributed by atoms with Crippen LogP contribution >= 0.6 is 0 Å². The topological polar surface area (TPSA) is 96.7 Å². The molecule has 1 saturated heterocycles. The minimum Gasteiger partial charge on any atom is -0.379 e. The summed E-state index contributed by atoms with van der Waals surface area (Å²) < 4.78 is 9.30. The number of hydrogen-bond acceptors (Lipinski definition) is 5. The quantitative estimate of drug-likeness (QED) is 0.471. The number of carbonyl (C=O) groups is 1. The third-order valence-corrected chi connectivity index (χ3v) is 6.36. The first-order chi connectivity index (χ1) is 16.0. The molecule has 0 unspecified atom stereocenters. The Hall–Kier alpha value is -3.43. The molecule has 33 heavy (non-hydrogen) atoms. The Labute approximate surface area is 191 Å². The van der Waals surface area contributed by atoms with Crippen molar-refractivity contribution in [2.24, 2.45) is 0 Å². The predicted octanol–water partition coefficient (Wildman–Crippen LogP) is 2.11. The van der Waals surface area contributed by atoms with Crippen LogP contribution in [0.5, 0.6) is 0 Å². The summed E-state index contributed by atoms with van der Waals surface area (Å²) in [5.41, 5.74) is 4.62. The third-order valence-electron chi connectivity index (χ3n) is 6.36. The van der Waals surface area contributed by atoms with E-state index in [2.05, 4.69) is 43.2 Å². The molecule has 0 spiro atoms. The molecule has 9 heteroatoms. The second-order valence-corrected chi connectivity index (χ2v) is 8.54. The van der Waals surface area contributed by atoms with Gasteiger partial charge in [-0.2, -0.15) is 0 Å².